The Morgan fingerprint density at radius 3 is 2.61 bits per heavy atom. The maximum Gasteiger partial charge on any atom is 0.204 e. The SMILES string of the molecule is Cc1cc(F)c(NCCC2(C)CC2)cc1-c1cc(Cl)nc(C2CC2)c1.NC=O. The summed E-state index contributed by atoms with van der Waals surface area (Å²) in [7, 11) is 0. The van der Waals surface area contributed by atoms with E-state index < -0.39 is 0 Å². The summed E-state index contributed by atoms with van der Waals surface area (Å²) in [4.78, 5) is 13.0. The number of amides is 1. The van der Waals surface area contributed by atoms with E-state index in [-0.39, 0.29) is 12.2 Å². The molecule has 2 fully saturated rings. The zero-order valence-electron chi connectivity index (χ0n) is 16.4. The lowest BCUT2D eigenvalue weighted by Gasteiger charge is -2.15. The predicted molar refractivity (Wildman–Crippen MR) is 112 cm³/mol. The first-order chi connectivity index (χ1) is 13.3. The van der Waals surface area contributed by atoms with Crippen molar-refractivity contribution in [2.45, 2.75) is 51.9 Å². The van der Waals surface area contributed by atoms with Gasteiger partial charge >= 0.3 is 0 Å². The van der Waals surface area contributed by atoms with Crippen LogP contribution in [-0.2, 0) is 4.79 Å². The molecule has 1 amide bonds. The number of carbonyl (C=O) groups is 1. The van der Waals surface area contributed by atoms with E-state index in [2.05, 4.69) is 29.0 Å². The molecule has 6 heteroatoms. The topological polar surface area (TPSA) is 68.0 Å². The average Bonchev–Trinajstić information content (AvgIpc) is 3.54. The molecule has 0 unspecified atom stereocenters. The van der Waals surface area contributed by atoms with E-state index in [4.69, 9.17) is 16.4 Å². The standard InChI is InChI=1S/C21H24ClFN2.CH3NO/c1-13-9-17(23)19(24-8-7-21(2)5-6-21)12-16(13)15-10-18(14-3-4-14)25-20(22)11-15;2-1-3/h9-12,14,24H,3-8H2,1-2H3;1H,(H2,2,3). The molecule has 2 aliphatic carbocycles. The number of hydrogen-bond donors (Lipinski definition) is 2. The predicted octanol–water partition coefficient (Wildman–Crippen LogP) is 5.43. The van der Waals surface area contributed by atoms with Gasteiger partial charge in [0.15, 0.2) is 0 Å². The first-order valence-corrected chi connectivity index (χ1v) is 10.1. The van der Waals surface area contributed by atoms with Gasteiger partial charge in [-0.2, -0.15) is 0 Å². The molecule has 1 aromatic heterocycles. The minimum Gasteiger partial charge on any atom is -0.383 e. The molecule has 0 aliphatic heterocycles. The molecule has 1 heterocycles. The van der Waals surface area contributed by atoms with E-state index in [1.54, 1.807) is 6.07 Å². The second kappa shape index (κ2) is 8.48. The molecule has 2 aliphatic rings. The summed E-state index contributed by atoms with van der Waals surface area (Å²) >= 11 is 6.24. The van der Waals surface area contributed by atoms with Crippen molar-refractivity contribution in [1.29, 1.82) is 0 Å². The van der Waals surface area contributed by atoms with Crippen molar-refractivity contribution in [1.82, 2.24) is 4.98 Å². The maximum absolute atomic E-state index is 14.4. The van der Waals surface area contributed by atoms with Crippen LogP contribution in [0.15, 0.2) is 24.3 Å². The average molecular weight is 404 g/mol. The second-order valence-electron chi connectivity index (χ2n) is 8.15. The van der Waals surface area contributed by atoms with Gasteiger partial charge in [-0.3, -0.25) is 4.79 Å². The number of rotatable bonds is 6. The lowest BCUT2D eigenvalue weighted by atomic mass is 9.99. The maximum atomic E-state index is 14.4. The Morgan fingerprint density at radius 2 is 2.00 bits per heavy atom. The molecule has 0 radical (unpaired) electrons. The first-order valence-electron chi connectivity index (χ1n) is 9.72. The highest BCUT2D eigenvalue weighted by molar-refractivity contribution is 6.29. The van der Waals surface area contributed by atoms with Gasteiger partial charge in [0.25, 0.3) is 0 Å². The van der Waals surface area contributed by atoms with Crippen LogP contribution in [0.4, 0.5) is 10.1 Å². The van der Waals surface area contributed by atoms with Gasteiger partial charge in [-0.25, -0.2) is 9.37 Å². The molecule has 4 nitrogen and oxygen atoms in total. The van der Waals surface area contributed by atoms with Crippen LogP contribution in [0.1, 0.15) is 56.2 Å². The Bertz CT molecular complexity index is 863. The summed E-state index contributed by atoms with van der Waals surface area (Å²) in [6, 6.07) is 7.52. The fourth-order valence-corrected chi connectivity index (χ4v) is 3.56. The number of benzene rings is 1. The summed E-state index contributed by atoms with van der Waals surface area (Å²) in [5.74, 6) is 0.347. The lowest BCUT2D eigenvalue weighted by molar-refractivity contribution is -0.106. The van der Waals surface area contributed by atoms with Crippen molar-refractivity contribution in [3.05, 3.63) is 46.5 Å². The van der Waals surface area contributed by atoms with Crippen molar-refractivity contribution in [3.63, 3.8) is 0 Å². The van der Waals surface area contributed by atoms with Crippen LogP contribution in [0.25, 0.3) is 11.1 Å². The number of nitrogens with two attached hydrogens (primary N) is 1. The van der Waals surface area contributed by atoms with Crippen LogP contribution in [-0.4, -0.2) is 17.9 Å². The number of carbonyl (C=O) groups excluding carboxylic acids is 1. The van der Waals surface area contributed by atoms with Gasteiger partial charge in [0.05, 0.1) is 5.69 Å². The van der Waals surface area contributed by atoms with Crippen molar-refractivity contribution in [2.24, 2.45) is 11.1 Å². The van der Waals surface area contributed by atoms with Gasteiger partial charge in [-0.1, -0.05) is 18.5 Å². The minimum absolute atomic E-state index is 0.190. The Kier molecular flexibility index (Phi) is 6.23. The zero-order valence-corrected chi connectivity index (χ0v) is 17.2. The molecular formula is C22H27ClFN3O. The molecule has 4 rings (SSSR count). The third kappa shape index (κ3) is 5.22. The van der Waals surface area contributed by atoms with Gasteiger partial charge in [-0.15, -0.1) is 0 Å². The number of anilines is 1. The molecule has 0 spiro atoms. The van der Waals surface area contributed by atoms with E-state index >= 15 is 0 Å². The molecule has 150 valence electrons. The smallest absolute Gasteiger partial charge is 0.204 e. The Labute approximate surface area is 170 Å². The number of pyridine rings is 1. The van der Waals surface area contributed by atoms with Crippen LogP contribution in [0, 0.1) is 18.2 Å². The van der Waals surface area contributed by atoms with Gasteiger partial charge in [0.2, 0.25) is 6.41 Å². The van der Waals surface area contributed by atoms with Gasteiger partial charge in [0, 0.05) is 18.2 Å². The fourth-order valence-electron chi connectivity index (χ4n) is 3.34. The van der Waals surface area contributed by atoms with Gasteiger partial charge in [-0.05, 0) is 85.4 Å². The van der Waals surface area contributed by atoms with Crippen LogP contribution in [0.3, 0.4) is 0 Å². The van der Waals surface area contributed by atoms with Gasteiger partial charge < -0.3 is 11.1 Å². The van der Waals surface area contributed by atoms with E-state index in [0.717, 1.165) is 35.3 Å². The lowest BCUT2D eigenvalue weighted by Crippen LogP contribution is -2.08. The molecule has 0 saturated heterocycles. The molecule has 28 heavy (non-hydrogen) atoms. The Balaban J connectivity index is 0.000000706. The molecular weight excluding hydrogens is 377 g/mol. The van der Waals surface area contributed by atoms with E-state index in [1.165, 1.54) is 25.7 Å². The zero-order chi connectivity index (χ0) is 20.3. The van der Waals surface area contributed by atoms with Crippen molar-refractivity contribution >= 4 is 23.7 Å². The van der Waals surface area contributed by atoms with Crippen LogP contribution in [0.5, 0.6) is 0 Å². The number of primary amides is 1. The molecule has 2 aromatic rings. The van der Waals surface area contributed by atoms with E-state index in [9.17, 15) is 4.39 Å². The summed E-state index contributed by atoms with van der Waals surface area (Å²) in [6.07, 6.45) is 6.27. The monoisotopic (exact) mass is 403 g/mol. The number of aromatic nitrogens is 1. The summed E-state index contributed by atoms with van der Waals surface area (Å²) in [5, 5.41) is 3.80. The Hall–Kier alpha value is -2.14. The van der Waals surface area contributed by atoms with Crippen LogP contribution < -0.4 is 11.1 Å². The van der Waals surface area contributed by atoms with Gasteiger partial charge in [0.1, 0.15) is 11.0 Å². The molecule has 3 N–H and O–H groups in total. The van der Waals surface area contributed by atoms with Crippen molar-refractivity contribution in [2.75, 3.05) is 11.9 Å². The number of halogens is 2. The van der Waals surface area contributed by atoms with E-state index in [1.807, 2.05) is 19.1 Å². The molecule has 0 atom stereocenters. The normalized spacial score (nSPS) is 16.7. The van der Waals surface area contributed by atoms with Crippen LogP contribution >= 0.6 is 11.6 Å². The summed E-state index contributed by atoms with van der Waals surface area (Å²) < 4.78 is 14.4. The molecule has 1 aromatic carbocycles. The highest BCUT2D eigenvalue weighted by Gasteiger charge is 2.36. The van der Waals surface area contributed by atoms with Crippen LogP contribution in [0.2, 0.25) is 5.15 Å². The number of aryl methyl sites for hydroxylation is 1. The number of hydrogen-bond acceptors (Lipinski definition) is 3. The number of nitrogens with zero attached hydrogens (tertiary/aromatic N) is 1. The first kappa shape index (κ1) is 20.6. The second-order valence-corrected chi connectivity index (χ2v) is 8.54. The summed E-state index contributed by atoms with van der Waals surface area (Å²) in [5.41, 5.74) is 9.23. The summed E-state index contributed by atoms with van der Waals surface area (Å²) in [6.45, 7) is 5.04. The highest BCUT2D eigenvalue weighted by atomic mass is 35.5. The third-order valence-corrected chi connectivity index (χ3v) is 5.78. The minimum atomic E-state index is -0.190. The molecule has 0 bridgehead atoms. The van der Waals surface area contributed by atoms with E-state index in [0.29, 0.717) is 22.2 Å². The largest absolute Gasteiger partial charge is 0.383 e. The van der Waals surface area contributed by atoms with Crippen molar-refractivity contribution < 1.29 is 9.18 Å². The quantitative estimate of drug-likeness (QED) is 0.499. The third-order valence-electron chi connectivity index (χ3n) is 5.58. The van der Waals surface area contributed by atoms with Crippen molar-refractivity contribution in [3.8, 4) is 11.1 Å². The Morgan fingerprint density at radius 1 is 1.32 bits per heavy atom. The highest BCUT2D eigenvalue weighted by Crippen LogP contribution is 2.48. The fraction of sp³-hybridized carbons (Fsp3) is 0.455. The number of nitrogens with one attached hydrogen (secondary N) is 1. The molecule has 2 saturated carbocycles.